The monoisotopic (exact) mass is 530 g/mol. The number of benzene rings is 1. The molecular weight excluding hydrogens is 505 g/mol. The zero-order valence-electron chi connectivity index (χ0n) is 19.2. The summed E-state index contributed by atoms with van der Waals surface area (Å²) in [6.07, 6.45) is -4.45. The number of rotatable bonds is 7. The summed E-state index contributed by atoms with van der Waals surface area (Å²) < 4.78 is 51.6. The number of ether oxygens (including phenoxy) is 3. The van der Waals surface area contributed by atoms with Crippen molar-refractivity contribution in [2.45, 2.75) is 75.3 Å². The second kappa shape index (κ2) is 9.83. The van der Waals surface area contributed by atoms with Gasteiger partial charge in [-0.3, -0.25) is 19.1 Å². The van der Waals surface area contributed by atoms with Gasteiger partial charge in [0, 0.05) is 29.9 Å². The Bertz CT molecular complexity index is 1050. The normalized spacial score (nSPS) is 32.9. The number of hydrogen-bond acceptors (Lipinski definition) is 6. The molecule has 8 nitrogen and oxygen atoms in total. The minimum atomic E-state index is -4.66. The molecule has 36 heavy (non-hydrogen) atoms. The molecule has 4 aliphatic rings. The molecule has 0 saturated heterocycles. The lowest BCUT2D eigenvalue weighted by Crippen LogP contribution is -2.50. The summed E-state index contributed by atoms with van der Waals surface area (Å²) in [5, 5.41) is 6.40. The van der Waals surface area contributed by atoms with Crippen LogP contribution in [0.4, 0.5) is 13.2 Å². The summed E-state index contributed by atoms with van der Waals surface area (Å²) in [6, 6.07) is 4.63. The topological polar surface area (TPSA) is 103 Å². The van der Waals surface area contributed by atoms with Crippen molar-refractivity contribution in [2.24, 2.45) is 11.8 Å². The van der Waals surface area contributed by atoms with Crippen LogP contribution in [0.3, 0.4) is 0 Å². The first-order chi connectivity index (χ1) is 17.0. The number of alkyl halides is 3. The average Bonchev–Trinajstić information content (AvgIpc) is 3.34. The van der Waals surface area contributed by atoms with E-state index in [1.807, 2.05) is 0 Å². The molecule has 2 bridgehead atoms. The molecule has 3 aliphatic carbocycles. The van der Waals surface area contributed by atoms with Crippen molar-refractivity contribution in [3.8, 4) is 5.75 Å². The van der Waals surface area contributed by atoms with Gasteiger partial charge in [-0.2, -0.15) is 0 Å². The van der Waals surface area contributed by atoms with Crippen molar-refractivity contribution in [2.75, 3.05) is 6.61 Å². The van der Waals surface area contributed by atoms with Crippen LogP contribution < -0.4 is 15.4 Å². The maximum absolute atomic E-state index is 12.8. The summed E-state index contributed by atoms with van der Waals surface area (Å²) in [5.74, 6) is -0.0806. The van der Waals surface area contributed by atoms with Gasteiger partial charge in [0.25, 0.3) is 5.91 Å². The fourth-order valence-electron chi connectivity index (χ4n) is 5.73. The second-order valence-electron chi connectivity index (χ2n) is 9.98. The van der Waals surface area contributed by atoms with Crippen molar-refractivity contribution in [1.29, 1.82) is 0 Å². The summed E-state index contributed by atoms with van der Waals surface area (Å²) in [4.78, 5) is 37.5. The molecule has 5 rings (SSSR count). The van der Waals surface area contributed by atoms with E-state index < -0.39 is 24.7 Å². The molecule has 4 unspecified atom stereocenters. The van der Waals surface area contributed by atoms with E-state index in [0.717, 1.165) is 6.42 Å². The number of Topliss-reactive ketones (excluding diaryl/α,β-unsaturated/α-hetero) is 1. The lowest BCUT2D eigenvalue weighted by Gasteiger charge is -2.35. The van der Waals surface area contributed by atoms with Crippen LogP contribution in [0, 0.1) is 11.8 Å². The lowest BCUT2D eigenvalue weighted by molar-refractivity contribution is -0.357. The third-order valence-electron chi connectivity index (χ3n) is 7.51. The summed E-state index contributed by atoms with van der Waals surface area (Å²) in [7, 11) is 0. The highest BCUT2D eigenvalue weighted by Crippen LogP contribution is 2.45. The van der Waals surface area contributed by atoms with Gasteiger partial charge in [0.1, 0.15) is 12.4 Å². The highest BCUT2D eigenvalue weighted by Gasteiger charge is 2.48. The van der Waals surface area contributed by atoms with E-state index in [9.17, 15) is 27.6 Å². The van der Waals surface area contributed by atoms with Gasteiger partial charge >= 0.3 is 6.36 Å². The van der Waals surface area contributed by atoms with Crippen molar-refractivity contribution in [3.05, 3.63) is 28.8 Å². The summed E-state index contributed by atoms with van der Waals surface area (Å²) >= 11 is 5.94. The van der Waals surface area contributed by atoms with Crippen molar-refractivity contribution in [3.63, 3.8) is 0 Å². The van der Waals surface area contributed by atoms with Crippen molar-refractivity contribution in [1.82, 2.24) is 10.6 Å². The van der Waals surface area contributed by atoms with Crippen LogP contribution >= 0.6 is 11.6 Å². The van der Waals surface area contributed by atoms with Gasteiger partial charge in [0.05, 0.1) is 24.2 Å². The van der Waals surface area contributed by atoms with Crippen LogP contribution in [0.25, 0.3) is 0 Å². The number of fused-ring (bicyclic) bond motifs is 3. The smallest absolute Gasteiger partial charge is 0.479 e. The molecule has 0 spiro atoms. The lowest BCUT2D eigenvalue weighted by atomic mass is 9.90. The molecule has 1 aromatic rings. The van der Waals surface area contributed by atoms with E-state index >= 15 is 0 Å². The van der Waals surface area contributed by atoms with Gasteiger partial charge in [-0.1, -0.05) is 11.6 Å². The van der Waals surface area contributed by atoms with Gasteiger partial charge in [-0.25, -0.2) is 0 Å². The van der Waals surface area contributed by atoms with Crippen LogP contribution in [-0.2, 0) is 19.1 Å². The Morgan fingerprint density at radius 2 is 1.72 bits per heavy atom. The Labute approximate surface area is 210 Å². The van der Waals surface area contributed by atoms with Crippen molar-refractivity contribution < 1.29 is 41.8 Å². The van der Waals surface area contributed by atoms with Crippen LogP contribution in [0.2, 0.25) is 5.02 Å². The predicted octanol–water partition coefficient (Wildman–Crippen LogP) is 3.16. The third-order valence-corrected chi connectivity index (χ3v) is 7.74. The predicted molar refractivity (Wildman–Crippen MR) is 119 cm³/mol. The van der Waals surface area contributed by atoms with E-state index in [1.165, 1.54) is 6.07 Å². The first-order valence-corrected chi connectivity index (χ1v) is 12.4. The Hall–Kier alpha value is -2.37. The molecule has 2 amide bonds. The maximum Gasteiger partial charge on any atom is 0.522 e. The van der Waals surface area contributed by atoms with E-state index in [0.29, 0.717) is 29.2 Å². The zero-order valence-corrected chi connectivity index (χ0v) is 19.9. The number of carbonyl (C=O) groups excluding carboxylic acids is 3. The quantitative estimate of drug-likeness (QED) is 0.561. The number of amides is 2. The Morgan fingerprint density at radius 3 is 2.39 bits per heavy atom. The first kappa shape index (κ1) is 25.3. The van der Waals surface area contributed by atoms with Gasteiger partial charge in [-0.05, 0) is 49.3 Å². The standard InChI is InChI=1S/C24H26ClF3N2O6/c25-13-1-2-20-16(6-13)19(31)9-21(35-20)23(33)30-18-5-11-3-12(18)4-17(11)29-22(32)10-34-14-7-15(8-14)36-24(26,27)28/h1-2,6,11-12,14-15,17-18,21H,3-5,7-10H2,(H,29,32)(H,30,33)/t11?,12?,14-,15+,17?,18?,21-/m1/s1. The second-order valence-corrected chi connectivity index (χ2v) is 10.4. The van der Waals surface area contributed by atoms with E-state index in [-0.39, 0.29) is 67.4 Å². The van der Waals surface area contributed by atoms with Crippen molar-refractivity contribution >= 4 is 29.2 Å². The molecule has 5 atom stereocenters. The molecule has 1 aliphatic heterocycles. The van der Waals surface area contributed by atoms with Gasteiger partial charge in [0.2, 0.25) is 5.91 Å². The molecule has 2 N–H and O–H groups in total. The van der Waals surface area contributed by atoms with E-state index in [2.05, 4.69) is 15.4 Å². The van der Waals surface area contributed by atoms with E-state index in [1.54, 1.807) is 12.1 Å². The molecule has 1 aromatic carbocycles. The van der Waals surface area contributed by atoms with Crippen LogP contribution in [0.1, 0.15) is 48.9 Å². The fraction of sp³-hybridized carbons (Fsp3) is 0.625. The van der Waals surface area contributed by atoms with Crippen LogP contribution in [0.5, 0.6) is 5.75 Å². The largest absolute Gasteiger partial charge is 0.522 e. The number of hydrogen-bond donors (Lipinski definition) is 2. The molecule has 3 fully saturated rings. The van der Waals surface area contributed by atoms with Gasteiger partial charge in [-0.15, -0.1) is 13.2 Å². The number of nitrogens with one attached hydrogen (secondary N) is 2. The molecule has 0 aromatic heterocycles. The summed E-state index contributed by atoms with van der Waals surface area (Å²) in [6.45, 7) is -0.211. The fourth-order valence-corrected chi connectivity index (χ4v) is 5.90. The molecule has 12 heteroatoms. The minimum absolute atomic E-state index is 0.0360. The first-order valence-electron chi connectivity index (χ1n) is 12.0. The van der Waals surface area contributed by atoms with Gasteiger partial charge in [0.15, 0.2) is 11.9 Å². The van der Waals surface area contributed by atoms with Gasteiger partial charge < -0.3 is 20.1 Å². The third kappa shape index (κ3) is 5.63. The zero-order chi connectivity index (χ0) is 25.6. The van der Waals surface area contributed by atoms with Crippen LogP contribution in [0.15, 0.2) is 18.2 Å². The Morgan fingerprint density at radius 1 is 1.03 bits per heavy atom. The molecular formula is C24H26ClF3N2O6. The number of carbonyl (C=O) groups is 3. The molecule has 0 radical (unpaired) electrons. The minimum Gasteiger partial charge on any atom is -0.479 e. The molecule has 1 heterocycles. The number of halogens is 4. The Kier molecular flexibility index (Phi) is 6.90. The average molecular weight is 531 g/mol. The highest BCUT2D eigenvalue weighted by atomic mass is 35.5. The van der Waals surface area contributed by atoms with E-state index in [4.69, 9.17) is 21.1 Å². The number of ketones is 1. The maximum atomic E-state index is 12.8. The molecule has 3 saturated carbocycles. The molecule has 196 valence electrons. The van der Waals surface area contributed by atoms with Crippen LogP contribution in [-0.4, -0.2) is 61.0 Å². The Balaban J connectivity index is 1.03. The summed E-state index contributed by atoms with van der Waals surface area (Å²) in [5.41, 5.74) is 0.376. The highest BCUT2D eigenvalue weighted by molar-refractivity contribution is 6.31. The SMILES string of the molecule is O=C(CO[C@H]1C[C@@H](OC(F)(F)F)C1)NC1CC2CC1CC2NC(=O)[C@H]1CC(=O)c2cc(Cl)ccc2O1.